The Bertz CT molecular complexity index is 1050. The van der Waals surface area contributed by atoms with Gasteiger partial charge < -0.3 is 20.7 Å². The Kier molecular flexibility index (Phi) is 5.59. The molecule has 0 aliphatic carbocycles. The molecule has 9 nitrogen and oxygen atoms in total. The summed E-state index contributed by atoms with van der Waals surface area (Å²) >= 11 is 4.48. The van der Waals surface area contributed by atoms with Crippen molar-refractivity contribution in [3.05, 3.63) is 52.1 Å². The van der Waals surface area contributed by atoms with E-state index >= 15 is 0 Å². The first-order valence-corrected chi connectivity index (χ1v) is 9.94. The molecule has 10 heteroatoms. The number of aliphatic hydroxyl groups is 2. The molecule has 3 heterocycles. The van der Waals surface area contributed by atoms with Gasteiger partial charge in [-0.05, 0) is 18.4 Å². The Labute approximate surface area is 172 Å². The molecule has 0 saturated carbocycles. The van der Waals surface area contributed by atoms with Crippen LogP contribution in [0.5, 0.6) is 0 Å². The quantitative estimate of drug-likeness (QED) is 0.366. The molecule has 0 spiro atoms. The van der Waals surface area contributed by atoms with Crippen molar-refractivity contribution < 1.29 is 14.9 Å². The van der Waals surface area contributed by atoms with Crippen LogP contribution in [0.2, 0.25) is 0 Å². The first-order chi connectivity index (χ1) is 14.0. The zero-order valence-electron chi connectivity index (χ0n) is 15.6. The van der Waals surface area contributed by atoms with Gasteiger partial charge in [-0.25, -0.2) is 4.98 Å². The number of imidazole rings is 1. The zero-order valence-corrected chi connectivity index (χ0v) is 16.5. The average molecular weight is 417 g/mol. The maximum absolute atomic E-state index is 12.3. The lowest BCUT2D eigenvalue weighted by Gasteiger charge is -2.19. The molecule has 4 atom stereocenters. The number of aromatic nitrogens is 4. The zero-order chi connectivity index (χ0) is 20.5. The second-order valence-electron chi connectivity index (χ2n) is 7.09. The maximum atomic E-state index is 12.3. The van der Waals surface area contributed by atoms with Gasteiger partial charge in [-0.15, -0.1) is 0 Å². The number of aryl methyl sites for hydroxylation is 2. The van der Waals surface area contributed by atoms with Gasteiger partial charge in [-0.3, -0.25) is 14.3 Å². The molecular formula is C19H23N5O4S. The van der Waals surface area contributed by atoms with Crippen molar-refractivity contribution >= 4 is 29.7 Å². The second-order valence-corrected chi connectivity index (χ2v) is 7.69. The van der Waals surface area contributed by atoms with E-state index in [0.29, 0.717) is 12.2 Å². The number of nitrogens with two attached hydrogens (primary N) is 1. The number of rotatable bonds is 6. The van der Waals surface area contributed by atoms with Gasteiger partial charge in [0, 0.05) is 6.42 Å². The van der Waals surface area contributed by atoms with Crippen LogP contribution < -0.4 is 11.3 Å². The van der Waals surface area contributed by atoms with Crippen molar-refractivity contribution in [3.63, 3.8) is 0 Å². The van der Waals surface area contributed by atoms with Crippen LogP contribution in [-0.2, 0) is 17.6 Å². The highest BCUT2D eigenvalue weighted by Gasteiger charge is 2.44. The number of nitrogen functional groups attached to an aromatic ring is 1. The standard InChI is InChI=1S/C19H23N5O4S/c20-19-22-16-13(17(27)23-19)21-12(8-4-7-10-5-2-1-3-6-10)24(16)18-15(29)14(26)11(9-25)28-18/h1-3,5-6,11,14-15,18,25-26,29H,4,7-9H2,(H3,20,22,23,27)/t11-,14-,15-,18-/m1/s1. The van der Waals surface area contributed by atoms with Gasteiger partial charge in [0.2, 0.25) is 5.95 Å². The minimum absolute atomic E-state index is 0.0348. The van der Waals surface area contributed by atoms with E-state index in [1.165, 1.54) is 5.56 Å². The number of hydrogen-bond donors (Lipinski definition) is 5. The lowest BCUT2D eigenvalue weighted by atomic mass is 10.1. The third-order valence-corrected chi connectivity index (χ3v) is 5.68. The Morgan fingerprint density at radius 1 is 1.24 bits per heavy atom. The molecule has 1 aromatic carbocycles. The van der Waals surface area contributed by atoms with Gasteiger partial charge in [0.1, 0.15) is 11.9 Å². The highest BCUT2D eigenvalue weighted by molar-refractivity contribution is 7.81. The number of fused-ring (bicyclic) bond motifs is 1. The van der Waals surface area contributed by atoms with E-state index in [1.54, 1.807) is 4.57 Å². The van der Waals surface area contributed by atoms with Gasteiger partial charge in [-0.2, -0.15) is 17.6 Å². The van der Waals surface area contributed by atoms with E-state index < -0.39 is 29.2 Å². The third-order valence-electron chi connectivity index (χ3n) is 5.12. The summed E-state index contributed by atoms with van der Waals surface area (Å²) in [7, 11) is 0. The molecule has 2 aromatic heterocycles. The van der Waals surface area contributed by atoms with Gasteiger partial charge in [-0.1, -0.05) is 30.3 Å². The van der Waals surface area contributed by atoms with E-state index in [9.17, 15) is 15.0 Å². The Balaban J connectivity index is 1.70. The molecule has 0 unspecified atom stereocenters. The number of aromatic amines is 1. The lowest BCUT2D eigenvalue weighted by molar-refractivity contribution is -0.0438. The summed E-state index contributed by atoms with van der Waals surface area (Å²) in [6.07, 6.45) is -0.301. The van der Waals surface area contributed by atoms with Gasteiger partial charge in [0.15, 0.2) is 17.4 Å². The summed E-state index contributed by atoms with van der Waals surface area (Å²) in [5.74, 6) is 0.557. The molecule has 3 aromatic rings. The summed E-state index contributed by atoms with van der Waals surface area (Å²) in [5.41, 5.74) is 6.93. The van der Waals surface area contributed by atoms with Crippen LogP contribution in [0.1, 0.15) is 24.0 Å². The molecule has 1 saturated heterocycles. The number of hydrogen-bond acceptors (Lipinski definition) is 8. The minimum Gasteiger partial charge on any atom is -0.394 e. The van der Waals surface area contributed by atoms with E-state index in [-0.39, 0.29) is 23.7 Å². The van der Waals surface area contributed by atoms with Crippen molar-refractivity contribution in [1.29, 1.82) is 0 Å². The molecule has 0 amide bonds. The first kappa shape index (κ1) is 19.9. The van der Waals surface area contributed by atoms with Crippen LogP contribution in [0.15, 0.2) is 35.1 Å². The Morgan fingerprint density at radius 2 is 2.00 bits per heavy atom. The van der Waals surface area contributed by atoms with E-state index in [2.05, 4.69) is 39.7 Å². The number of thiol groups is 1. The van der Waals surface area contributed by atoms with Crippen LogP contribution >= 0.6 is 12.6 Å². The number of H-pyrrole nitrogens is 1. The number of nitrogens with zero attached hydrogens (tertiary/aromatic N) is 3. The maximum Gasteiger partial charge on any atom is 0.280 e. The molecule has 1 aliphatic rings. The Morgan fingerprint density at radius 3 is 2.69 bits per heavy atom. The SMILES string of the molecule is Nc1nc2c(nc(CCCc3ccccc3)n2[C@@H]2O[C@H](CO)[C@@H](O)[C@H]2S)c(=O)[nH]1. The van der Waals surface area contributed by atoms with E-state index in [0.717, 1.165) is 12.8 Å². The van der Waals surface area contributed by atoms with Gasteiger partial charge in [0.25, 0.3) is 5.56 Å². The summed E-state index contributed by atoms with van der Waals surface area (Å²) in [6, 6.07) is 10.1. The summed E-state index contributed by atoms with van der Waals surface area (Å²) in [6.45, 7) is -0.346. The first-order valence-electron chi connectivity index (χ1n) is 9.42. The number of benzene rings is 1. The van der Waals surface area contributed by atoms with Crippen molar-refractivity contribution in [1.82, 2.24) is 19.5 Å². The van der Waals surface area contributed by atoms with Gasteiger partial charge in [0.05, 0.1) is 18.0 Å². The predicted octanol–water partition coefficient (Wildman–Crippen LogP) is 0.426. The largest absolute Gasteiger partial charge is 0.394 e. The van der Waals surface area contributed by atoms with Gasteiger partial charge >= 0.3 is 0 Å². The highest BCUT2D eigenvalue weighted by atomic mass is 32.1. The molecule has 154 valence electrons. The number of nitrogens with one attached hydrogen (secondary N) is 1. The molecule has 5 N–H and O–H groups in total. The van der Waals surface area contributed by atoms with E-state index in [1.807, 2.05) is 18.2 Å². The lowest BCUT2D eigenvalue weighted by Crippen LogP contribution is -2.30. The van der Waals surface area contributed by atoms with Crippen molar-refractivity contribution in [3.8, 4) is 0 Å². The van der Waals surface area contributed by atoms with E-state index in [4.69, 9.17) is 10.5 Å². The highest BCUT2D eigenvalue weighted by Crippen LogP contribution is 2.35. The molecule has 29 heavy (non-hydrogen) atoms. The van der Waals surface area contributed by atoms with Crippen LogP contribution in [0.3, 0.4) is 0 Å². The third kappa shape index (κ3) is 3.76. The number of anilines is 1. The summed E-state index contributed by atoms with van der Waals surface area (Å²) in [4.78, 5) is 23.5. The monoisotopic (exact) mass is 417 g/mol. The topological polar surface area (TPSA) is 139 Å². The smallest absolute Gasteiger partial charge is 0.280 e. The fourth-order valence-corrected chi connectivity index (χ4v) is 4.07. The summed E-state index contributed by atoms with van der Waals surface area (Å²) in [5, 5.41) is 19.2. The van der Waals surface area contributed by atoms with Crippen molar-refractivity contribution in [2.24, 2.45) is 0 Å². The van der Waals surface area contributed by atoms with Crippen molar-refractivity contribution in [2.75, 3.05) is 12.3 Å². The number of ether oxygens (including phenoxy) is 1. The molecular weight excluding hydrogens is 394 g/mol. The minimum atomic E-state index is -0.970. The predicted molar refractivity (Wildman–Crippen MR) is 111 cm³/mol. The number of aliphatic hydroxyl groups excluding tert-OH is 2. The molecule has 1 fully saturated rings. The average Bonchev–Trinajstić information content (AvgIpc) is 3.20. The second kappa shape index (κ2) is 8.15. The molecule has 0 radical (unpaired) electrons. The van der Waals surface area contributed by atoms with Crippen LogP contribution in [-0.4, -0.2) is 53.8 Å². The molecule has 4 rings (SSSR count). The molecule has 0 bridgehead atoms. The van der Waals surface area contributed by atoms with Crippen LogP contribution in [0.25, 0.3) is 11.2 Å². The summed E-state index contributed by atoms with van der Waals surface area (Å²) < 4.78 is 7.50. The van der Waals surface area contributed by atoms with Crippen LogP contribution in [0, 0.1) is 0 Å². The van der Waals surface area contributed by atoms with Crippen LogP contribution in [0.4, 0.5) is 5.95 Å². The fourth-order valence-electron chi connectivity index (χ4n) is 3.68. The fraction of sp³-hybridized carbons (Fsp3) is 0.421. The van der Waals surface area contributed by atoms with Crippen molar-refractivity contribution in [2.45, 2.75) is 42.9 Å². The Hall–Kier alpha value is -2.40. The molecule has 1 aliphatic heterocycles. The normalized spacial score (nSPS) is 24.4.